The first kappa shape index (κ1) is 27.1. The van der Waals surface area contributed by atoms with Crippen LogP contribution in [0, 0.1) is 0 Å². The van der Waals surface area contributed by atoms with Gasteiger partial charge in [0.1, 0.15) is 18.1 Å². The van der Waals surface area contributed by atoms with Crippen molar-refractivity contribution in [1.29, 1.82) is 0 Å². The zero-order valence-corrected chi connectivity index (χ0v) is 19.3. The van der Waals surface area contributed by atoms with Gasteiger partial charge in [0.2, 0.25) is 5.91 Å². The Morgan fingerprint density at radius 2 is 1.72 bits per heavy atom. The Kier molecular flexibility index (Phi) is 11.4. The molecule has 0 spiro atoms. The summed E-state index contributed by atoms with van der Waals surface area (Å²) < 4.78 is 32.8. The second-order valence-electron chi connectivity index (χ2n) is 6.96. The minimum Gasteiger partial charge on any atom is -0.484 e. The van der Waals surface area contributed by atoms with E-state index in [0.29, 0.717) is 18.6 Å². The van der Waals surface area contributed by atoms with Gasteiger partial charge in [-0.1, -0.05) is 26.0 Å². The molecule has 0 aliphatic carbocycles. The van der Waals surface area contributed by atoms with Crippen LogP contribution in [0.5, 0.6) is 5.75 Å². The zero-order valence-electron chi connectivity index (χ0n) is 18.5. The quantitative estimate of drug-likeness (QED) is 0.289. The van der Waals surface area contributed by atoms with E-state index >= 15 is 0 Å². The van der Waals surface area contributed by atoms with Crippen LogP contribution in [0.2, 0.25) is 0 Å². The highest BCUT2D eigenvalue weighted by atomic mass is 32.2. The SMILES string of the molecule is CCC(=O)[C@H](Cc1ccc(OCC(=O)NCCOC(=O)CS(=O)(=O)CC)cc1)NC(C)=O. The molecule has 0 heterocycles. The largest absolute Gasteiger partial charge is 0.484 e. The summed E-state index contributed by atoms with van der Waals surface area (Å²) in [6, 6.07) is 6.20. The topological polar surface area (TPSA) is 145 Å². The molecule has 0 aliphatic rings. The van der Waals surface area contributed by atoms with E-state index in [1.54, 1.807) is 31.2 Å². The van der Waals surface area contributed by atoms with E-state index in [-0.39, 0.29) is 37.2 Å². The molecule has 1 aromatic rings. The summed E-state index contributed by atoms with van der Waals surface area (Å²) in [6.45, 7) is 4.14. The molecule has 11 heteroatoms. The van der Waals surface area contributed by atoms with Crippen molar-refractivity contribution in [3.05, 3.63) is 29.8 Å². The van der Waals surface area contributed by atoms with E-state index in [1.807, 2.05) is 0 Å². The molecule has 0 unspecified atom stereocenters. The molecule has 1 aromatic carbocycles. The van der Waals surface area contributed by atoms with Crippen molar-refractivity contribution in [2.24, 2.45) is 0 Å². The number of Topliss-reactive ketones (excluding diaryl/α,β-unsaturated/α-hetero) is 1. The molecule has 2 amide bonds. The third-order valence-corrected chi connectivity index (χ3v) is 5.87. The molecule has 0 saturated heterocycles. The van der Waals surface area contributed by atoms with E-state index in [4.69, 9.17) is 9.47 Å². The summed E-state index contributed by atoms with van der Waals surface area (Å²) in [5.74, 6) is -2.03. The van der Waals surface area contributed by atoms with Gasteiger partial charge in [0.05, 0.1) is 12.6 Å². The van der Waals surface area contributed by atoms with E-state index in [9.17, 15) is 27.6 Å². The molecule has 0 aromatic heterocycles. The molecule has 0 aliphatic heterocycles. The van der Waals surface area contributed by atoms with Gasteiger partial charge in [-0.15, -0.1) is 0 Å². The molecule has 32 heavy (non-hydrogen) atoms. The highest BCUT2D eigenvalue weighted by Gasteiger charge is 2.18. The lowest BCUT2D eigenvalue weighted by atomic mass is 10.0. The molecule has 1 atom stereocenters. The smallest absolute Gasteiger partial charge is 0.321 e. The highest BCUT2D eigenvalue weighted by Crippen LogP contribution is 2.14. The average Bonchev–Trinajstić information content (AvgIpc) is 2.74. The van der Waals surface area contributed by atoms with Gasteiger partial charge in [-0.05, 0) is 24.1 Å². The van der Waals surface area contributed by atoms with Crippen LogP contribution >= 0.6 is 0 Å². The number of amides is 2. The van der Waals surface area contributed by atoms with E-state index in [0.717, 1.165) is 5.56 Å². The number of sulfone groups is 1. The normalized spacial score (nSPS) is 11.8. The van der Waals surface area contributed by atoms with Crippen LogP contribution in [0.3, 0.4) is 0 Å². The zero-order chi connectivity index (χ0) is 24.1. The Morgan fingerprint density at radius 1 is 1.06 bits per heavy atom. The molecule has 0 saturated carbocycles. The number of carbonyl (C=O) groups is 4. The minimum atomic E-state index is -3.45. The maximum atomic E-state index is 12.0. The van der Waals surface area contributed by atoms with E-state index < -0.39 is 33.5 Å². The summed E-state index contributed by atoms with van der Waals surface area (Å²) >= 11 is 0. The molecule has 10 nitrogen and oxygen atoms in total. The fourth-order valence-electron chi connectivity index (χ4n) is 2.57. The predicted molar refractivity (Wildman–Crippen MR) is 117 cm³/mol. The number of nitrogens with one attached hydrogen (secondary N) is 2. The average molecular weight is 471 g/mol. The summed E-state index contributed by atoms with van der Waals surface area (Å²) in [7, 11) is -3.45. The maximum Gasteiger partial charge on any atom is 0.321 e. The second-order valence-corrected chi connectivity index (χ2v) is 9.31. The van der Waals surface area contributed by atoms with Gasteiger partial charge in [-0.2, -0.15) is 0 Å². The van der Waals surface area contributed by atoms with Crippen molar-refractivity contribution < 1.29 is 37.1 Å². The Hall–Kier alpha value is -2.95. The van der Waals surface area contributed by atoms with Crippen molar-refractivity contribution in [3.63, 3.8) is 0 Å². The predicted octanol–water partition coefficient (Wildman–Crippen LogP) is 0.186. The lowest BCUT2D eigenvalue weighted by Gasteiger charge is -2.16. The van der Waals surface area contributed by atoms with Gasteiger partial charge < -0.3 is 20.1 Å². The van der Waals surface area contributed by atoms with Crippen LogP contribution in [-0.2, 0) is 40.2 Å². The van der Waals surface area contributed by atoms with Gasteiger partial charge in [-0.3, -0.25) is 19.2 Å². The number of hydrogen-bond donors (Lipinski definition) is 2. The molecule has 0 radical (unpaired) electrons. The van der Waals surface area contributed by atoms with Crippen LogP contribution in [-0.4, -0.2) is 69.3 Å². The molecular formula is C21H30N2O8S. The Morgan fingerprint density at radius 3 is 2.28 bits per heavy atom. The van der Waals surface area contributed by atoms with Crippen molar-refractivity contribution in [3.8, 4) is 5.75 Å². The van der Waals surface area contributed by atoms with E-state index in [2.05, 4.69) is 10.6 Å². The first-order valence-electron chi connectivity index (χ1n) is 10.2. The van der Waals surface area contributed by atoms with Gasteiger partial charge >= 0.3 is 5.97 Å². The summed E-state index contributed by atoms with van der Waals surface area (Å²) in [6.07, 6.45) is 0.670. The number of ether oxygens (including phenoxy) is 2. The Balaban J connectivity index is 2.38. The Labute approximate surface area is 188 Å². The molecule has 0 fully saturated rings. The van der Waals surface area contributed by atoms with Crippen LogP contribution < -0.4 is 15.4 Å². The summed E-state index contributed by atoms with van der Waals surface area (Å²) in [4.78, 5) is 46.5. The van der Waals surface area contributed by atoms with Crippen molar-refractivity contribution in [2.45, 2.75) is 39.7 Å². The number of esters is 1. The standard InChI is InChI=1S/C21H30N2O8S/c1-4-19(25)18(23-15(3)24)12-16-6-8-17(9-7-16)31-13-20(26)22-10-11-30-21(27)14-32(28,29)5-2/h6-9,18H,4-5,10-14H2,1-3H3,(H,22,26)(H,23,24)/t18-/m0/s1. The van der Waals surface area contributed by atoms with Gasteiger partial charge in [0.25, 0.3) is 5.91 Å². The molecule has 2 N–H and O–H groups in total. The fraction of sp³-hybridized carbons (Fsp3) is 0.524. The van der Waals surface area contributed by atoms with Crippen LogP contribution in [0.25, 0.3) is 0 Å². The number of benzene rings is 1. The van der Waals surface area contributed by atoms with Crippen molar-refractivity contribution >= 4 is 33.4 Å². The first-order valence-corrected chi connectivity index (χ1v) is 12.0. The monoisotopic (exact) mass is 470 g/mol. The Bertz CT molecular complexity index is 897. The number of ketones is 1. The lowest BCUT2D eigenvalue weighted by molar-refractivity contribution is -0.141. The summed E-state index contributed by atoms with van der Waals surface area (Å²) in [5.41, 5.74) is 0.828. The van der Waals surface area contributed by atoms with Crippen LogP contribution in [0.1, 0.15) is 32.8 Å². The van der Waals surface area contributed by atoms with Crippen LogP contribution in [0.15, 0.2) is 24.3 Å². The van der Waals surface area contributed by atoms with Gasteiger partial charge in [0.15, 0.2) is 22.2 Å². The highest BCUT2D eigenvalue weighted by molar-refractivity contribution is 7.92. The first-order chi connectivity index (χ1) is 15.1. The number of carbonyl (C=O) groups excluding carboxylic acids is 4. The maximum absolute atomic E-state index is 12.0. The van der Waals surface area contributed by atoms with E-state index in [1.165, 1.54) is 13.8 Å². The fourth-order valence-corrected chi connectivity index (χ4v) is 3.22. The number of hydrogen-bond acceptors (Lipinski definition) is 8. The lowest BCUT2D eigenvalue weighted by Crippen LogP contribution is -2.41. The summed E-state index contributed by atoms with van der Waals surface area (Å²) in [5, 5.41) is 5.14. The third kappa shape index (κ3) is 10.9. The molecule has 1 rings (SSSR count). The van der Waals surface area contributed by atoms with Crippen LogP contribution in [0.4, 0.5) is 0 Å². The van der Waals surface area contributed by atoms with Gasteiger partial charge in [0, 0.05) is 19.1 Å². The van der Waals surface area contributed by atoms with Crippen molar-refractivity contribution in [1.82, 2.24) is 10.6 Å². The molecular weight excluding hydrogens is 440 g/mol. The third-order valence-electron chi connectivity index (χ3n) is 4.31. The number of rotatable bonds is 14. The second kappa shape index (κ2) is 13.5. The molecule has 178 valence electrons. The van der Waals surface area contributed by atoms with Crippen molar-refractivity contribution in [2.75, 3.05) is 31.3 Å². The van der Waals surface area contributed by atoms with Gasteiger partial charge in [-0.25, -0.2) is 8.42 Å². The minimum absolute atomic E-state index is 0.0229. The molecule has 0 bridgehead atoms.